The van der Waals surface area contributed by atoms with Crippen LogP contribution in [0.15, 0.2) is 47.4 Å². The van der Waals surface area contributed by atoms with Crippen molar-refractivity contribution >= 4 is 44.8 Å². The molecule has 2 aromatic rings. The third-order valence-corrected chi connectivity index (χ3v) is 7.43. The molecule has 1 fully saturated rings. The number of hydrogen-bond donors (Lipinski definition) is 1. The van der Waals surface area contributed by atoms with Gasteiger partial charge in [0.2, 0.25) is 15.9 Å². The van der Waals surface area contributed by atoms with Crippen LogP contribution in [0.25, 0.3) is 0 Å². The minimum Gasteiger partial charge on any atom is -0.322 e. The first-order valence-corrected chi connectivity index (χ1v) is 11.4. The molecule has 0 bridgehead atoms. The van der Waals surface area contributed by atoms with Crippen molar-refractivity contribution in [2.45, 2.75) is 37.6 Å². The summed E-state index contributed by atoms with van der Waals surface area (Å²) in [6.07, 6.45) is 1.31. The van der Waals surface area contributed by atoms with Crippen LogP contribution in [-0.2, 0) is 14.8 Å². The molecule has 0 aliphatic carbocycles. The number of nitrogens with one attached hydrogen (secondary N) is 1. The molecule has 0 saturated carbocycles. The zero-order chi connectivity index (χ0) is 22.1. The molecular weight excluding hydrogens is 426 g/mol. The normalized spacial score (nSPS) is 14.6. The minimum absolute atomic E-state index is 0.00957. The summed E-state index contributed by atoms with van der Waals surface area (Å²) < 4.78 is 26.7. The Morgan fingerprint density at radius 1 is 1.20 bits per heavy atom. The van der Waals surface area contributed by atoms with Crippen molar-refractivity contribution in [1.29, 1.82) is 0 Å². The standard InChI is InChI=1S/C21H24ClN3O4S/c1-14(2)24(3)30(28,29)17-9-10-19(22)18(13-17)21(27)23-15-6-4-7-16(12-15)25-11-5-8-20(25)26/h4,6-7,9-10,12-14H,5,8,11H2,1-3H3,(H,23,27). The molecule has 0 atom stereocenters. The van der Waals surface area contributed by atoms with Gasteiger partial charge in [0.15, 0.2) is 0 Å². The predicted molar refractivity (Wildman–Crippen MR) is 118 cm³/mol. The van der Waals surface area contributed by atoms with Crippen LogP contribution in [0.3, 0.4) is 0 Å². The monoisotopic (exact) mass is 449 g/mol. The first-order valence-electron chi connectivity index (χ1n) is 9.60. The molecule has 1 aliphatic rings. The number of nitrogens with zero attached hydrogens (tertiary/aromatic N) is 2. The number of halogens is 1. The number of hydrogen-bond acceptors (Lipinski definition) is 4. The molecule has 2 amide bonds. The number of sulfonamides is 1. The highest BCUT2D eigenvalue weighted by atomic mass is 35.5. The number of anilines is 2. The topological polar surface area (TPSA) is 86.8 Å². The Kier molecular flexibility index (Phi) is 6.50. The lowest BCUT2D eigenvalue weighted by Gasteiger charge is -2.21. The molecule has 30 heavy (non-hydrogen) atoms. The third-order valence-electron chi connectivity index (χ3n) is 5.08. The van der Waals surface area contributed by atoms with Gasteiger partial charge < -0.3 is 10.2 Å². The number of amides is 2. The molecule has 1 heterocycles. The first-order chi connectivity index (χ1) is 14.1. The molecule has 2 aromatic carbocycles. The fourth-order valence-corrected chi connectivity index (χ4v) is 4.75. The van der Waals surface area contributed by atoms with Crippen molar-refractivity contribution in [3.63, 3.8) is 0 Å². The second kappa shape index (κ2) is 8.75. The van der Waals surface area contributed by atoms with Gasteiger partial charge in [0, 0.05) is 37.4 Å². The number of benzene rings is 2. The number of rotatable bonds is 6. The van der Waals surface area contributed by atoms with E-state index in [9.17, 15) is 18.0 Å². The van der Waals surface area contributed by atoms with Gasteiger partial charge in [0.25, 0.3) is 5.91 Å². The quantitative estimate of drug-likeness (QED) is 0.727. The Bertz CT molecular complexity index is 1090. The number of carbonyl (C=O) groups is 2. The molecule has 7 nitrogen and oxygen atoms in total. The molecule has 0 spiro atoms. The summed E-state index contributed by atoms with van der Waals surface area (Å²) in [4.78, 5) is 26.5. The van der Waals surface area contributed by atoms with E-state index in [2.05, 4.69) is 5.32 Å². The molecule has 0 unspecified atom stereocenters. The van der Waals surface area contributed by atoms with E-state index in [0.717, 1.165) is 6.42 Å². The van der Waals surface area contributed by atoms with Crippen LogP contribution >= 0.6 is 11.6 Å². The lowest BCUT2D eigenvalue weighted by Crippen LogP contribution is -2.33. The average molecular weight is 450 g/mol. The van der Waals surface area contributed by atoms with E-state index in [-0.39, 0.29) is 27.4 Å². The van der Waals surface area contributed by atoms with Crippen LogP contribution in [0.1, 0.15) is 37.0 Å². The van der Waals surface area contributed by atoms with E-state index in [0.29, 0.717) is 24.3 Å². The zero-order valence-corrected chi connectivity index (χ0v) is 18.6. The van der Waals surface area contributed by atoms with E-state index in [1.54, 1.807) is 43.0 Å². The molecular formula is C21H24ClN3O4S. The smallest absolute Gasteiger partial charge is 0.257 e. The van der Waals surface area contributed by atoms with Crippen molar-refractivity contribution in [1.82, 2.24) is 4.31 Å². The molecule has 160 valence electrons. The van der Waals surface area contributed by atoms with Crippen molar-refractivity contribution in [2.75, 3.05) is 23.8 Å². The van der Waals surface area contributed by atoms with E-state index in [4.69, 9.17) is 11.6 Å². The van der Waals surface area contributed by atoms with Crippen LogP contribution < -0.4 is 10.2 Å². The van der Waals surface area contributed by atoms with Crippen LogP contribution in [0.5, 0.6) is 0 Å². The summed E-state index contributed by atoms with van der Waals surface area (Å²) in [5, 5.41) is 2.88. The van der Waals surface area contributed by atoms with Crippen LogP contribution in [0.2, 0.25) is 5.02 Å². The summed E-state index contributed by atoms with van der Waals surface area (Å²) in [7, 11) is -2.27. The fraction of sp³-hybridized carbons (Fsp3) is 0.333. The number of carbonyl (C=O) groups excluding carboxylic acids is 2. The van der Waals surface area contributed by atoms with E-state index in [1.807, 2.05) is 0 Å². The lowest BCUT2D eigenvalue weighted by molar-refractivity contribution is -0.117. The van der Waals surface area contributed by atoms with E-state index in [1.165, 1.54) is 29.6 Å². The molecule has 0 aromatic heterocycles. The summed E-state index contributed by atoms with van der Waals surface area (Å²) in [5.74, 6) is -0.483. The maximum Gasteiger partial charge on any atom is 0.257 e. The minimum atomic E-state index is -3.76. The van der Waals surface area contributed by atoms with Gasteiger partial charge in [-0.1, -0.05) is 17.7 Å². The van der Waals surface area contributed by atoms with Gasteiger partial charge in [0.1, 0.15) is 0 Å². The largest absolute Gasteiger partial charge is 0.322 e. The molecule has 1 N–H and O–H groups in total. The van der Waals surface area contributed by atoms with Crippen LogP contribution in [-0.4, -0.2) is 44.2 Å². The second-order valence-corrected chi connectivity index (χ2v) is 9.81. The van der Waals surface area contributed by atoms with Gasteiger partial charge in [-0.05, 0) is 56.7 Å². The lowest BCUT2D eigenvalue weighted by atomic mass is 10.2. The Morgan fingerprint density at radius 2 is 1.93 bits per heavy atom. The van der Waals surface area contributed by atoms with E-state index < -0.39 is 15.9 Å². The summed E-state index contributed by atoms with van der Waals surface area (Å²) in [5.41, 5.74) is 1.25. The first kappa shape index (κ1) is 22.3. The second-order valence-electron chi connectivity index (χ2n) is 7.41. The van der Waals surface area contributed by atoms with E-state index >= 15 is 0 Å². The molecule has 1 aliphatic heterocycles. The third kappa shape index (κ3) is 4.50. The van der Waals surface area contributed by atoms with Crippen molar-refractivity contribution in [3.05, 3.63) is 53.1 Å². The highest BCUT2D eigenvalue weighted by Crippen LogP contribution is 2.27. The van der Waals surface area contributed by atoms with Gasteiger partial charge in [-0.25, -0.2) is 8.42 Å². The van der Waals surface area contributed by atoms with Crippen LogP contribution in [0, 0.1) is 0 Å². The van der Waals surface area contributed by atoms with Gasteiger partial charge in [0.05, 0.1) is 15.5 Å². The Morgan fingerprint density at radius 3 is 2.57 bits per heavy atom. The van der Waals surface area contributed by atoms with Crippen molar-refractivity contribution in [2.24, 2.45) is 0 Å². The van der Waals surface area contributed by atoms with Gasteiger partial charge in [-0.15, -0.1) is 0 Å². The summed E-state index contributed by atoms with van der Waals surface area (Å²) >= 11 is 6.18. The molecule has 1 saturated heterocycles. The molecule has 0 radical (unpaired) electrons. The van der Waals surface area contributed by atoms with Gasteiger partial charge in [-0.3, -0.25) is 9.59 Å². The van der Waals surface area contributed by atoms with Crippen molar-refractivity contribution in [3.8, 4) is 0 Å². The van der Waals surface area contributed by atoms with Crippen LogP contribution in [0.4, 0.5) is 11.4 Å². The molecule has 9 heteroatoms. The Balaban J connectivity index is 1.87. The maximum absolute atomic E-state index is 12.8. The fourth-order valence-electron chi connectivity index (χ4n) is 3.15. The highest BCUT2D eigenvalue weighted by Gasteiger charge is 2.25. The summed E-state index contributed by atoms with van der Waals surface area (Å²) in [6, 6.07) is 10.8. The predicted octanol–water partition coefficient (Wildman–Crippen LogP) is 3.75. The van der Waals surface area contributed by atoms with Crippen molar-refractivity contribution < 1.29 is 18.0 Å². The summed E-state index contributed by atoms with van der Waals surface area (Å²) in [6.45, 7) is 4.17. The zero-order valence-electron chi connectivity index (χ0n) is 17.1. The van der Waals surface area contributed by atoms with Gasteiger partial charge in [-0.2, -0.15) is 4.31 Å². The van der Waals surface area contributed by atoms with Gasteiger partial charge >= 0.3 is 0 Å². The average Bonchev–Trinajstić information content (AvgIpc) is 3.13. The Labute approximate surface area is 181 Å². The molecule has 3 rings (SSSR count). The Hall–Kier alpha value is -2.42. The SMILES string of the molecule is CC(C)N(C)S(=O)(=O)c1ccc(Cl)c(C(=O)Nc2cccc(N3CCCC3=O)c2)c1. The maximum atomic E-state index is 12.8. The highest BCUT2D eigenvalue weighted by molar-refractivity contribution is 7.89.